The summed E-state index contributed by atoms with van der Waals surface area (Å²) in [7, 11) is 0. The van der Waals surface area contributed by atoms with E-state index in [1.807, 2.05) is 0 Å². The minimum atomic E-state index is 0.341. The lowest BCUT2D eigenvalue weighted by atomic mass is 10.2. The van der Waals surface area contributed by atoms with E-state index in [2.05, 4.69) is 40.9 Å². The molecular formula is C9H16N4. The Morgan fingerprint density at radius 2 is 2.23 bits per heavy atom. The molecule has 0 amide bonds. The van der Waals surface area contributed by atoms with Crippen molar-refractivity contribution in [2.24, 2.45) is 0 Å². The zero-order chi connectivity index (χ0) is 9.42. The Kier molecular flexibility index (Phi) is 2.07. The number of aromatic nitrogens is 3. The number of rotatable bonds is 1. The molecule has 0 saturated heterocycles. The first-order chi connectivity index (χ1) is 6.20. The molecule has 1 aromatic rings. The maximum absolute atomic E-state index is 4.22. The minimum absolute atomic E-state index is 0.341. The Hall–Kier alpha value is -0.900. The second kappa shape index (κ2) is 3.10. The van der Waals surface area contributed by atoms with Crippen molar-refractivity contribution in [1.29, 1.82) is 0 Å². The number of fused-ring (bicyclic) bond motifs is 1. The molecule has 2 heterocycles. The lowest BCUT2D eigenvalue weighted by Crippen LogP contribution is -2.32. The topological polar surface area (TPSA) is 42.7 Å². The van der Waals surface area contributed by atoms with E-state index in [0.29, 0.717) is 12.0 Å². The predicted octanol–water partition coefficient (Wildman–Crippen LogP) is 1.07. The Labute approximate surface area is 78.4 Å². The second-order valence-corrected chi connectivity index (χ2v) is 3.90. The van der Waals surface area contributed by atoms with Gasteiger partial charge < -0.3 is 9.88 Å². The minimum Gasteiger partial charge on any atom is -0.312 e. The van der Waals surface area contributed by atoms with Gasteiger partial charge in [0.1, 0.15) is 11.6 Å². The molecule has 1 aliphatic heterocycles. The Morgan fingerprint density at radius 1 is 1.46 bits per heavy atom. The molecule has 0 aromatic carbocycles. The van der Waals surface area contributed by atoms with Crippen LogP contribution in [0.1, 0.15) is 44.4 Å². The second-order valence-electron chi connectivity index (χ2n) is 3.90. The highest BCUT2D eigenvalue weighted by Gasteiger charge is 2.22. The molecule has 0 saturated carbocycles. The average Bonchev–Trinajstić information content (AvgIpc) is 2.48. The molecule has 0 bridgehead atoms. The molecule has 2 rings (SSSR count). The zero-order valence-electron chi connectivity index (χ0n) is 8.41. The summed E-state index contributed by atoms with van der Waals surface area (Å²) in [5, 5.41) is 11.8. The smallest absolute Gasteiger partial charge is 0.149 e. The standard InChI is InChI=1S/C9H16N4/c1-6(2)8-11-12-9-7(3)10-4-5-13(8)9/h6-7,10H,4-5H2,1-3H3/t7-/m0/s1. The molecule has 1 N–H and O–H groups in total. The molecule has 0 fully saturated rings. The van der Waals surface area contributed by atoms with Crippen molar-refractivity contribution >= 4 is 0 Å². The van der Waals surface area contributed by atoms with Gasteiger partial charge in [0, 0.05) is 19.0 Å². The lowest BCUT2D eigenvalue weighted by Gasteiger charge is -2.22. The normalized spacial score (nSPS) is 22.0. The third-order valence-electron chi connectivity index (χ3n) is 2.50. The van der Waals surface area contributed by atoms with Gasteiger partial charge >= 0.3 is 0 Å². The van der Waals surface area contributed by atoms with Crippen LogP contribution in [-0.4, -0.2) is 21.3 Å². The molecule has 0 aliphatic carbocycles. The van der Waals surface area contributed by atoms with Gasteiger partial charge in [0.15, 0.2) is 0 Å². The van der Waals surface area contributed by atoms with E-state index in [4.69, 9.17) is 0 Å². The highest BCUT2D eigenvalue weighted by molar-refractivity contribution is 5.05. The molecule has 1 aromatic heterocycles. The fourth-order valence-electron chi connectivity index (χ4n) is 1.79. The highest BCUT2D eigenvalue weighted by Crippen LogP contribution is 2.19. The van der Waals surface area contributed by atoms with Crippen LogP contribution in [0.25, 0.3) is 0 Å². The molecule has 4 heteroatoms. The van der Waals surface area contributed by atoms with Crippen LogP contribution in [0.4, 0.5) is 0 Å². The third-order valence-corrected chi connectivity index (χ3v) is 2.50. The van der Waals surface area contributed by atoms with E-state index in [1.165, 1.54) is 0 Å². The fraction of sp³-hybridized carbons (Fsp3) is 0.778. The first-order valence-electron chi connectivity index (χ1n) is 4.86. The zero-order valence-corrected chi connectivity index (χ0v) is 8.41. The Bertz CT molecular complexity index is 289. The van der Waals surface area contributed by atoms with E-state index in [1.54, 1.807) is 0 Å². The van der Waals surface area contributed by atoms with E-state index in [9.17, 15) is 0 Å². The largest absolute Gasteiger partial charge is 0.312 e. The van der Waals surface area contributed by atoms with E-state index in [0.717, 1.165) is 24.7 Å². The highest BCUT2D eigenvalue weighted by atomic mass is 15.3. The van der Waals surface area contributed by atoms with Crippen molar-refractivity contribution < 1.29 is 0 Å². The van der Waals surface area contributed by atoms with Crippen molar-refractivity contribution in [2.75, 3.05) is 6.54 Å². The van der Waals surface area contributed by atoms with Crippen LogP contribution in [0.2, 0.25) is 0 Å². The average molecular weight is 180 g/mol. The van der Waals surface area contributed by atoms with Crippen molar-refractivity contribution in [1.82, 2.24) is 20.1 Å². The van der Waals surface area contributed by atoms with Gasteiger partial charge in [-0.25, -0.2) is 0 Å². The van der Waals surface area contributed by atoms with Gasteiger partial charge in [-0.15, -0.1) is 10.2 Å². The van der Waals surface area contributed by atoms with Gasteiger partial charge in [-0.2, -0.15) is 0 Å². The van der Waals surface area contributed by atoms with Crippen LogP contribution in [0, 0.1) is 0 Å². The third kappa shape index (κ3) is 1.35. The number of nitrogens with one attached hydrogen (secondary N) is 1. The van der Waals surface area contributed by atoms with Gasteiger partial charge in [-0.05, 0) is 6.92 Å². The SMILES string of the molecule is CC(C)c1nnc2n1CCN[C@H]2C. The first kappa shape index (κ1) is 8.69. The molecule has 0 unspecified atom stereocenters. The quantitative estimate of drug-likeness (QED) is 0.703. The van der Waals surface area contributed by atoms with Crippen LogP contribution in [-0.2, 0) is 6.54 Å². The summed E-state index contributed by atoms with van der Waals surface area (Å²) in [6.45, 7) is 8.46. The van der Waals surface area contributed by atoms with Gasteiger partial charge in [-0.3, -0.25) is 0 Å². The van der Waals surface area contributed by atoms with Crippen LogP contribution in [0.3, 0.4) is 0 Å². The summed E-state index contributed by atoms with van der Waals surface area (Å²) in [5.41, 5.74) is 0. The molecule has 13 heavy (non-hydrogen) atoms. The monoisotopic (exact) mass is 180 g/mol. The summed E-state index contributed by atoms with van der Waals surface area (Å²) >= 11 is 0. The molecule has 1 atom stereocenters. The van der Waals surface area contributed by atoms with Crippen LogP contribution < -0.4 is 5.32 Å². The van der Waals surface area contributed by atoms with Crippen LogP contribution in [0.15, 0.2) is 0 Å². The van der Waals surface area contributed by atoms with Crippen LogP contribution >= 0.6 is 0 Å². The van der Waals surface area contributed by atoms with Gasteiger partial charge in [0.05, 0.1) is 6.04 Å². The van der Waals surface area contributed by atoms with Crippen LogP contribution in [0.5, 0.6) is 0 Å². The molecule has 1 aliphatic rings. The predicted molar refractivity (Wildman–Crippen MR) is 50.5 cm³/mol. The van der Waals surface area contributed by atoms with Gasteiger partial charge in [0.2, 0.25) is 0 Å². The number of hydrogen-bond donors (Lipinski definition) is 1. The maximum atomic E-state index is 4.22. The van der Waals surface area contributed by atoms with Gasteiger partial charge in [-0.1, -0.05) is 13.8 Å². The molecule has 0 radical (unpaired) electrons. The van der Waals surface area contributed by atoms with Crippen molar-refractivity contribution in [3.63, 3.8) is 0 Å². The molecular weight excluding hydrogens is 164 g/mol. The molecule has 4 nitrogen and oxygen atoms in total. The lowest BCUT2D eigenvalue weighted by molar-refractivity contribution is 0.426. The first-order valence-corrected chi connectivity index (χ1v) is 4.86. The van der Waals surface area contributed by atoms with E-state index < -0.39 is 0 Å². The van der Waals surface area contributed by atoms with Crippen molar-refractivity contribution in [2.45, 2.75) is 39.3 Å². The summed E-state index contributed by atoms with van der Waals surface area (Å²) in [6, 6.07) is 0.341. The van der Waals surface area contributed by atoms with Crippen molar-refractivity contribution in [3.8, 4) is 0 Å². The summed E-state index contributed by atoms with van der Waals surface area (Å²) in [5.74, 6) is 2.66. The van der Waals surface area contributed by atoms with Crippen molar-refractivity contribution in [3.05, 3.63) is 11.6 Å². The maximum Gasteiger partial charge on any atom is 0.149 e. The Balaban J connectivity index is 2.41. The Morgan fingerprint density at radius 3 is 2.92 bits per heavy atom. The summed E-state index contributed by atoms with van der Waals surface area (Å²) < 4.78 is 2.24. The summed E-state index contributed by atoms with van der Waals surface area (Å²) in [6.07, 6.45) is 0. The summed E-state index contributed by atoms with van der Waals surface area (Å²) in [4.78, 5) is 0. The molecule has 72 valence electrons. The number of hydrogen-bond acceptors (Lipinski definition) is 3. The number of nitrogens with zero attached hydrogens (tertiary/aromatic N) is 3. The van der Waals surface area contributed by atoms with E-state index >= 15 is 0 Å². The molecule has 0 spiro atoms. The van der Waals surface area contributed by atoms with E-state index in [-0.39, 0.29) is 0 Å². The van der Waals surface area contributed by atoms with Gasteiger partial charge in [0.25, 0.3) is 0 Å². The fourth-order valence-corrected chi connectivity index (χ4v) is 1.79.